The summed E-state index contributed by atoms with van der Waals surface area (Å²) in [5.74, 6) is -2.70. The lowest BCUT2D eigenvalue weighted by atomic mass is 10.0. The summed E-state index contributed by atoms with van der Waals surface area (Å²) in [6.07, 6.45) is 2.81. The Hall–Kier alpha value is -2.20. The topological polar surface area (TPSA) is 168 Å². The molecule has 1 aliphatic rings. The number of carbonyl (C=O) groups is 4. The van der Waals surface area contributed by atoms with Gasteiger partial charge in [-0.1, -0.05) is 13.8 Å². The van der Waals surface area contributed by atoms with Crippen molar-refractivity contribution in [2.45, 2.75) is 77.0 Å². The zero-order valence-electron chi connectivity index (χ0n) is 17.5. The molecule has 10 nitrogen and oxygen atoms in total. The Labute approximate surface area is 171 Å². The first-order valence-electron chi connectivity index (χ1n) is 10.2. The minimum atomic E-state index is -1.12. The van der Waals surface area contributed by atoms with E-state index in [0.717, 1.165) is 0 Å². The first kappa shape index (κ1) is 24.8. The maximum atomic E-state index is 13.1. The SMILES string of the molecule is CC(N)C(=O)NC(CCCCN)C(=O)N1CCCC1C(=O)NC(C(=O)O)C(C)C. The summed E-state index contributed by atoms with van der Waals surface area (Å²) in [6.45, 7) is 5.78. The second-order valence-electron chi connectivity index (χ2n) is 7.89. The van der Waals surface area contributed by atoms with Crippen LogP contribution < -0.4 is 22.1 Å². The Kier molecular flexibility index (Phi) is 10.0. The predicted octanol–water partition coefficient (Wildman–Crippen LogP) is -0.836. The molecular weight excluding hydrogens is 378 g/mol. The third-order valence-electron chi connectivity index (χ3n) is 5.04. The Morgan fingerprint density at radius 1 is 1.14 bits per heavy atom. The molecule has 0 aromatic rings. The number of carbonyl (C=O) groups excluding carboxylic acids is 3. The van der Waals surface area contributed by atoms with Crippen LogP contribution >= 0.6 is 0 Å². The monoisotopic (exact) mass is 413 g/mol. The van der Waals surface area contributed by atoms with Gasteiger partial charge in [-0.15, -0.1) is 0 Å². The van der Waals surface area contributed by atoms with Gasteiger partial charge in [-0.2, -0.15) is 0 Å². The molecule has 29 heavy (non-hydrogen) atoms. The number of hydrogen-bond donors (Lipinski definition) is 5. The fourth-order valence-corrected chi connectivity index (χ4v) is 3.32. The lowest BCUT2D eigenvalue weighted by Gasteiger charge is -2.30. The van der Waals surface area contributed by atoms with Gasteiger partial charge in [0.05, 0.1) is 6.04 Å². The summed E-state index contributed by atoms with van der Waals surface area (Å²) >= 11 is 0. The Morgan fingerprint density at radius 2 is 1.79 bits per heavy atom. The molecule has 1 heterocycles. The molecule has 7 N–H and O–H groups in total. The summed E-state index contributed by atoms with van der Waals surface area (Å²) in [7, 11) is 0. The van der Waals surface area contributed by atoms with Crippen LogP contribution in [-0.2, 0) is 19.2 Å². The van der Waals surface area contributed by atoms with Crippen molar-refractivity contribution in [3.8, 4) is 0 Å². The molecule has 1 aliphatic heterocycles. The van der Waals surface area contributed by atoms with Crippen LogP contribution in [0.25, 0.3) is 0 Å². The van der Waals surface area contributed by atoms with Crippen LogP contribution in [0.3, 0.4) is 0 Å². The average molecular weight is 414 g/mol. The van der Waals surface area contributed by atoms with Crippen LogP contribution in [0.1, 0.15) is 52.9 Å². The van der Waals surface area contributed by atoms with Gasteiger partial charge in [-0.3, -0.25) is 14.4 Å². The lowest BCUT2D eigenvalue weighted by Crippen LogP contribution is -2.57. The van der Waals surface area contributed by atoms with Gasteiger partial charge in [0, 0.05) is 6.54 Å². The van der Waals surface area contributed by atoms with Gasteiger partial charge in [-0.25, -0.2) is 4.79 Å². The van der Waals surface area contributed by atoms with Gasteiger partial charge in [0.1, 0.15) is 18.1 Å². The van der Waals surface area contributed by atoms with E-state index in [4.69, 9.17) is 11.5 Å². The number of nitrogens with zero attached hydrogens (tertiary/aromatic N) is 1. The van der Waals surface area contributed by atoms with E-state index in [9.17, 15) is 24.3 Å². The van der Waals surface area contributed by atoms with Crippen LogP contribution in [0.15, 0.2) is 0 Å². The number of unbranched alkanes of at least 4 members (excludes halogenated alkanes) is 1. The van der Waals surface area contributed by atoms with Crippen molar-refractivity contribution >= 4 is 23.7 Å². The molecule has 4 unspecified atom stereocenters. The zero-order chi connectivity index (χ0) is 22.1. The Balaban J connectivity index is 2.91. The minimum Gasteiger partial charge on any atom is -0.480 e. The van der Waals surface area contributed by atoms with Crippen molar-refractivity contribution in [3.05, 3.63) is 0 Å². The summed E-state index contributed by atoms with van der Waals surface area (Å²) in [4.78, 5) is 50.7. The van der Waals surface area contributed by atoms with Crippen LogP contribution in [0.2, 0.25) is 0 Å². The molecular formula is C19H35N5O5. The highest BCUT2D eigenvalue weighted by Crippen LogP contribution is 2.20. The maximum absolute atomic E-state index is 13.1. The largest absolute Gasteiger partial charge is 0.480 e. The molecule has 0 aromatic heterocycles. The van der Waals surface area contributed by atoms with E-state index in [-0.39, 0.29) is 11.8 Å². The van der Waals surface area contributed by atoms with Gasteiger partial charge >= 0.3 is 5.97 Å². The molecule has 1 saturated heterocycles. The molecule has 1 fully saturated rings. The number of nitrogens with one attached hydrogen (secondary N) is 2. The standard InChI is InChI=1S/C19H35N5O5/c1-11(2)15(19(28)29)23-17(26)14-8-6-10-24(14)18(27)13(7-4-5-9-20)22-16(25)12(3)21/h11-15H,4-10,20-21H2,1-3H3,(H,22,25)(H,23,26)(H,28,29). The van der Waals surface area contributed by atoms with Crippen LogP contribution in [-0.4, -0.2) is 71.0 Å². The highest BCUT2D eigenvalue weighted by molar-refractivity contribution is 5.94. The molecule has 0 saturated carbocycles. The van der Waals surface area contributed by atoms with Gasteiger partial charge < -0.3 is 32.1 Å². The normalized spacial score (nSPS) is 19.5. The fraction of sp³-hybridized carbons (Fsp3) is 0.789. The molecule has 0 bridgehead atoms. The quantitative estimate of drug-likeness (QED) is 0.275. The molecule has 4 atom stereocenters. The third-order valence-corrected chi connectivity index (χ3v) is 5.04. The molecule has 3 amide bonds. The molecule has 0 radical (unpaired) electrons. The number of likely N-dealkylation sites (tertiary alicyclic amines) is 1. The van der Waals surface area contributed by atoms with E-state index in [2.05, 4.69) is 10.6 Å². The van der Waals surface area contributed by atoms with E-state index in [1.54, 1.807) is 13.8 Å². The molecule has 0 spiro atoms. The van der Waals surface area contributed by atoms with Crippen molar-refractivity contribution in [2.75, 3.05) is 13.1 Å². The summed E-state index contributed by atoms with van der Waals surface area (Å²) < 4.78 is 0. The van der Waals surface area contributed by atoms with Gasteiger partial charge in [0.15, 0.2) is 0 Å². The third kappa shape index (κ3) is 7.28. The highest BCUT2D eigenvalue weighted by atomic mass is 16.4. The number of rotatable bonds is 11. The molecule has 0 aromatic carbocycles. The zero-order valence-corrected chi connectivity index (χ0v) is 17.5. The lowest BCUT2D eigenvalue weighted by molar-refractivity contribution is -0.145. The number of carboxylic acid groups (broad SMARTS) is 1. The van der Waals surface area contributed by atoms with Crippen molar-refractivity contribution in [1.82, 2.24) is 15.5 Å². The van der Waals surface area contributed by atoms with Gasteiger partial charge in [0.2, 0.25) is 17.7 Å². The van der Waals surface area contributed by atoms with E-state index >= 15 is 0 Å². The van der Waals surface area contributed by atoms with E-state index < -0.39 is 42.0 Å². The fourth-order valence-electron chi connectivity index (χ4n) is 3.32. The van der Waals surface area contributed by atoms with E-state index in [1.165, 1.54) is 11.8 Å². The summed E-state index contributed by atoms with van der Waals surface area (Å²) in [6, 6.07) is -3.35. The predicted molar refractivity (Wildman–Crippen MR) is 108 cm³/mol. The van der Waals surface area contributed by atoms with Crippen molar-refractivity contribution in [2.24, 2.45) is 17.4 Å². The Bertz CT molecular complexity index is 596. The second kappa shape index (κ2) is 11.7. The number of carboxylic acids is 1. The number of amides is 3. The average Bonchev–Trinajstić information content (AvgIpc) is 3.13. The van der Waals surface area contributed by atoms with Crippen LogP contribution in [0.4, 0.5) is 0 Å². The second-order valence-corrected chi connectivity index (χ2v) is 7.89. The van der Waals surface area contributed by atoms with Crippen LogP contribution in [0.5, 0.6) is 0 Å². The number of nitrogens with two attached hydrogens (primary N) is 2. The molecule has 0 aliphatic carbocycles. The summed E-state index contributed by atoms with van der Waals surface area (Å²) in [5.41, 5.74) is 11.1. The molecule has 166 valence electrons. The van der Waals surface area contributed by atoms with Crippen molar-refractivity contribution in [3.63, 3.8) is 0 Å². The Morgan fingerprint density at radius 3 is 2.31 bits per heavy atom. The van der Waals surface area contributed by atoms with Gasteiger partial charge in [-0.05, 0) is 51.5 Å². The first-order valence-corrected chi connectivity index (χ1v) is 10.2. The smallest absolute Gasteiger partial charge is 0.326 e. The van der Waals surface area contributed by atoms with Gasteiger partial charge in [0.25, 0.3) is 0 Å². The minimum absolute atomic E-state index is 0.295. The molecule has 1 rings (SSSR count). The van der Waals surface area contributed by atoms with Crippen LogP contribution in [0, 0.1) is 5.92 Å². The first-order chi connectivity index (χ1) is 13.6. The maximum Gasteiger partial charge on any atom is 0.326 e. The van der Waals surface area contributed by atoms with Crippen molar-refractivity contribution in [1.29, 1.82) is 0 Å². The number of aliphatic carboxylic acids is 1. The number of hydrogen-bond acceptors (Lipinski definition) is 6. The summed E-state index contributed by atoms with van der Waals surface area (Å²) in [5, 5.41) is 14.5. The van der Waals surface area contributed by atoms with E-state index in [1.807, 2.05) is 0 Å². The highest BCUT2D eigenvalue weighted by Gasteiger charge is 2.39. The van der Waals surface area contributed by atoms with Crippen molar-refractivity contribution < 1.29 is 24.3 Å². The van der Waals surface area contributed by atoms with E-state index in [0.29, 0.717) is 45.2 Å². The molecule has 10 heteroatoms.